The summed E-state index contributed by atoms with van der Waals surface area (Å²) in [4.78, 5) is 20.2. The van der Waals surface area contributed by atoms with E-state index >= 15 is 0 Å². The summed E-state index contributed by atoms with van der Waals surface area (Å²) < 4.78 is 89.0. The fourth-order valence-electron chi connectivity index (χ4n) is 4.26. The molecule has 0 aliphatic rings. The number of H-pyrrole nitrogens is 2. The number of ether oxygens (including phenoxy) is 1. The van der Waals surface area contributed by atoms with Crippen LogP contribution in [0.4, 0.5) is 17.6 Å². The number of nitrogens with zero attached hydrogens (tertiary/aromatic N) is 2. The smallest absolute Gasteiger partial charge is 0.303 e. The Hall–Kier alpha value is -5.11. The van der Waals surface area contributed by atoms with Crippen molar-refractivity contribution in [1.82, 2.24) is 15.0 Å². The zero-order valence-corrected chi connectivity index (χ0v) is 20.4. The van der Waals surface area contributed by atoms with Crippen LogP contribution in [0.5, 0.6) is 11.5 Å². The van der Waals surface area contributed by atoms with E-state index in [9.17, 15) is 27.6 Å². The Morgan fingerprint density at radius 3 is 2.73 bits per heavy atom. The number of aryl methyl sites for hydroxylation is 1. The molecule has 1 atom stereocenters. The van der Waals surface area contributed by atoms with E-state index in [0.29, 0.717) is 5.56 Å². The fourth-order valence-corrected chi connectivity index (χ4v) is 4.26. The van der Waals surface area contributed by atoms with Gasteiger partial charge in [-0.3, -0.25) is 4.79 Å². The van der Waals surface area contributed by atoms with E-state index in [0.717, 1.165) is 24.4 Å². The third kappa shape index (κ3) is 4.64. The quantitative estimate of drug-likeness (QED) is 0.146. The molecule has 202 valence electrons. The predicted octanol–water partition coefficient (Wildman–Crippen LogP) is 6.75. The van der Waals surface area contributed by atoms with Crippen molar-refractivity contribution >= 4 is 16.9 Å². The monoisotopic (exact) mass is 551 g/mol. The van der Waals surface area contributed by atoms with E-state index in [1.165, 1.54) is 30.5 Å². The molecule has 5 rings (SSSR count). The number of nitriles is 1. The van der Waals surface area contributed by atoms with Gasteiger partial charge < -0.3 is 19.8 Å². The maximum Gasteiger partial charge on any atom is 0.303 e. The SMILES string of the molecule is [2H]C([2H])([2H])C(C#N)(c1cccc(CCC(=O)O)c1)c1cnc(-c2cc(Oc3c(F)c(F)c4[nH]ccc4c3F)ccc2F)[nH]1. The first-order valence-corrected chi connectivity index (χ1v) is 11.8. The van der Waals surface area contributed by atoms with Crippen LogP contribution in [0.25, 0.3) is 22.3 Å². The molecule has 3 N–H and O–H groups in total. The number of halogens is 4. The molecule has 0 bridgehead atoms. The lowest BCUT2D eigenvalue weighted by molar-refractivity contribution is -0.136. The summed E-state index contributed by atoms with van der Waals surface area (Å²) in [5.74, 6) is -7.71. The first kappa shape index (κ1) is 22.8. The van der Waals surface area contributed by atoms with Gasteiger partial charge in [0.25, 0.3) is 0 Å². The van der Waals surface area contributed by atoms with Crippen LogP contribution in [0.2, 0.25) is 0 Å². The average Bonchev–Trinajstić information content (AvgIpc) is 3.65. The number of hydrogen-bond acceptors (Lipinski definition) is 4. The molecular weight excluding hydrogens is 528 g/mol. The number of benzene rings is 3. The molecule has 5 aromatic rings. The van der Waals surface area contributed by atoms with E-state index in [1.54, 1.807) is 6.07 Å². The van der Waals surface area contributed by atoms with E-state index < -0.39 is 52.8 Å². The zero-order chi connectivity index (χ0) is 31.1. The lowest BCUT2D eigenvalue weighted by Crippen LogP contribution is -2.22. The molecule has 2 aromatic heterocycles. The molecule has 0 fully saturated rings. The number of rotatable bonds is 8. The molecule has 0 aliphatic carbocycles. The van der Waals surface area contributed by atoms with Crippen LogP contribution in [-0.2, 0) is 16.6 Å². The summed E-state index contributed by atoms with van der Waals surface area (Å²) in [5.41, 5.74) is -2.74. The Morgan fingerprint density at radius 2 is 1.98 bits per heavy atom. The molecule has 0 amide bonds. The predicted molar refractivity (Wildman–Crippen MR) is 137 cm³/mol. The number of aromatic amines is 2. The van der Waals surface area contributed by atoms with Gasteiger partial charge >= 0.3 is 5.97 Å². The molecule has 0 saturated heterocycles. The van der Waals surface area contributed by atoms with Gasteiger partial charge in [-0.25, -0.2) is 18.2 Å². The topological polar surface area (TPSA) is 115 Å². The normalized spacial score (nSPS) is 14.1. The van der Waals surface area contributed by atoms with Crippen LogP contribution in [0.3, 0.4) is 0 Å². The van der Waals surface area contributed by atoms with Gasteiger partial charge in [-0.15, -0.1) is 0 Å². The minimum atomic E-state index is -2.98. The largest absolute Gasteiger partial charge is 0.481 e. The van der Waals surface area contributed by atoms with Gasteiger partial charge in [0.1, 0.15) is 22.8 Å². The van der Waals surface area contributed by atoms with Gasteiger partial charge in [0, 0.05) is 22.1 Å². The van der Waals surface area contributed by atoms with Crippen LogP contribution in [0.1, 0.15) is 34.2 Å². The van der Waals surface area contributed by atoms with Crippen molar-refractivity contribution in [2.45, 2.75) is 25.1 Å². The molecule has 0 aliphatic heterocycles. The van der Waals surface area contributed by atoms with Crippen molar-refractivity contribution in [3.05, 3.63) is 101 Å². The third-order valence-corrected chi connectivity index (χ3v) is 6.34. The maximum absolute atomic E-state index is 15.0. The van der Waals surface area contributed by atoms with E-state index in [1.807, 2.05) is 6.07 Å². The Morgan fingerprint density at radius 1 is 1.15 bits per heavy atom. The number of imidazole rings is 1. The Kier molecular flexibility index (Phi) is 5.84. The molecule has 11 heteroatoms. The second-order valence-electron chi connectivity index (χ2n) is 8.88. The lowest BCUT2D eigenvalue weighted by atomic mass is 9.80. The highest BCUT2D eigenvalue weighted by molar-refractivity contribution is 5.82. The second kappa shape index (κ2) is 10.2. The molecule has 7 nitrogen and oxygen atoms in total. The van der Waals surface area contributed by atoms with E-state index in [-0.39, 0.29) is 46.6 Å². The Labute approximate surface area is 228 Å². The summed E-state index contributed by atoms with van der Waals surface area (Å²) >= 11 is 0. The number of carboxylic acids is 1. The van der Waals surface area contributed by atoms with Gasteiger partial charge in [-0.1, -0.05) is 24.3 Å². The van der Waals surface area contributed by atoms with Crippen molar-refractivity contribution in [3.8, 4) is 29.0 Å². The number of aromatic nitrogens is 3. The van der Waals surface area contributed by atoms with Gasteiger partial charge in [0.05, 0.1) is 29.0 Å². The Bertz CT molecular complexity index is 1920. The van der Waals surface area contributed by atoms with Crippen LogP contribution in [0.15, 0.2) is 60.9 Å². The van der Waals surface area contributed by atoms with Gasteiger partial charge in [-0.05, 0) is 48.7 Å². The molecule has 2 heterocycles. The molecule has 0 spiro atoms. The van der Waals surface area contributed by atoms with E-state index in [4.69, 9.17) is 14.0 Å². The molecule has 40 heavy (non-hydrogen) atoms. The average molecular weight is 552 g/mol. The zero-order valence-electron chi connectivity index (χ0n) is 23.4. The highest BCUT2D eigenvalue weighted by Crippen LogP contribution is 2.37. The first-order chi connectivity index (χ1) is 20.4. The number of hydrogen-bond donors (Lipinski definition) is 3. The van der Waals surface area contributed by atoms with Crippen LogP contribution in [-0.4, -0.2) is 26.0 Å². The second-order valence-corrected chi connectivity index (χ2v) is 8.88. The molecular formula is C29H20F4N4O3. The summed E-state index contributed by atoms with van der Waals surface area (Å²) in [6, 6.07) is 11.9. The summed E-state index contributed by atoms with van der Waals surface area (Å²) in [6.07, 6.45) is 2.13. The van der Waals surface area contributed by atoms with Crippen LogP contribution >= 0.6 is 0 Å². The minimum Gasteiger partial charge on any atom is -0.481 e. The number of carboxylic acid groups (broad SMARTS) is 1. The highest BCUT2D eigenvalue weighted by Gasteiger charge is 2.32. The van der Waals surface area contributed by atoms with Gasteiger partial charge in [0.15, 0.2) is 11.6 Å². The summed E-state index contributed by atoms with van der Waals surface area (Å²) in [6.45, 7) is -2.98. The number of fused-ring (bicyclic) bond motifs is 1. The van der Waals surface area contributed by atoms with Crippen molar-refractivity contribution in [1.29, 1.82) is 5.26 Å². The Balaban J connectivity index is 1.56. The van der Waals surface area contributed by atoms with Crippen molar-refractivity contribution < 1.29 is 36.3 Å². The molecule has 3 aromatic carbocycles. The number of carbonyl (C=O) groups is 1. The maximum atomic E-state index is 15.0. The van der Waals surface area contributed by atoms with Gasteiger partial charge in [0.2, 0.25) is 11.6 Å². The van der Waals surface area contributed by atoms with Crippen molar-refractivity contribution in [2.75, 3.05) is 0 Å². The fraction of sp³-hybridized carbons (Fsp3) is 0.138. The van der Waals surface area contributed by atoms with Gasteiger partial charge in [-0.2, -0.15) is 9.65 Å². The van der Waals surface area contributed by atoms with Crippen molar-refractivity contribution in [3.63, 3.8) is 0 Å². The number of aliphatic carboxylic acids is 1. The van der Waals surface area contributed by atoms with Crippen LogP contribution in [0, 0.1) is 34.6 Å². The summed E-state index contributed by atoms with van der Waals surface area (Å²) in [5, 5.41) is 19.0. The summed E-state index contributed by atoms with van der Waals surface area (Å²) in [7, 11) is 0. The lowest BCUT2D eigenvalue weighted by Gasteiger charge is -2.21. The molecule has 0 radical (unpaired) electrons. The first-order valence-electron chi connectivity index (χ1n) is 13.3. The third-order valence-electron chi connectivity index (χ3n) is 6.34. The van der Waals surface area contributed by atoms with Crippen molar-refractivity contribution in [2.24, 2.45) is 0 Å². The van der Waals surface area contributed by atoms with Crippen LogP contribution < -0.4 is 4.74 Å². The molecule has 0 saturated carbocycles. The van der Waals surface area contributed by atoms with E-state index in [2.05, 4.69) is 15.0 Å². The molecule has 1 unspecified atom stereocenters. The number of nitrogens with one attached hydrogen (secondary N) is 2. The standard InChI is InChI=1S/C29H20F4N4O3/c1-29(14-34,16-4-2-3-15(11-16)5-8-22(38)39)21-13-36-28(37-21)19-12-17(6-7-20(19)30)40-27-23(31)18-9-10-35-26(18)24(32)25(27)33/h2-4,6-7,9-13,35H,5,8H2,1H3,(H,36,37)(H,38,39)/i1D3. The minimum absolute atomic E-state index is 0.0266. The highest BCUT2D eigenvalue weighted by atomic mass is 19.2.